The van der Waals surface area contributed by atoms with Gasteiger partial charge in [0.25, 0.3) is 11.1 Å². The van der Waals surface area contributed by atoms with Crippen molar-refractivity contribution in [2.45, 2.75) is 0 Å². The van der Waals surface area contributed by atoms with Crippen LogP contribution in [0.1, 0.15) is 5.56 Å². The van der Waals surface area contributed by atoms with E-state index < -0.39 is 17.1 Å². The number of carbonyl (C=O) groups excluding carboxylic acids is 3. The van der Waals surface area contributed by atoms with Gasteiger partial charge >= 0.3 is 0 Å². The van der Waals surface area contributed by atoms with Crippen LogP contribution in [0.5, 0.6) is 0 Å². The zero-order valence-corrected chi connectivity index (χ0v) is 18.9. The summed E-state index contributed by atoms with van der Waals surface area (Å²) in [5.74, 6) is -0.890. The lowest BCUT2D eigenvalue weighted by Crippen LogP contribution is -2.36. The second kappa shape index (κ2) is 9.67. The third-order valence-corrected chi connectivity index (χ3v) is 6.31. The molecule has 0 radical (unpaired) electrons. The summed E-state index contributed by atoms with van der Waals surface area (Å²) in [6.45, 7) is 2.80. The summed E-state index contributed by atoms with van der Waals surface area (Å²) in [7, 11) is 0. The molecule has 2 heterocycles. The molecule has 160 valence electrons. The number of halogens is 1. The maximum Gasteiger partial charge on any atom is 0.294 e. The number of nitrogens with zero attached hydrogens (tertiary/aromatic N) is 2. The fraction of sp³-hybridized carbons (Fsp3) is 0.227. The maximum atomic E-state index is 12.7. The average Bonchev–Trinajstić information content (AvgIpc) is 3.04. The van der Waals surface area contributed by atoms with Crippen LogP contribution in [0, 0.1) is 0 Å². The molecule has 1 N–H and O–H groups in total. The fourth-order valence-corrected chi connectivity index (χ4v) is 4.37. The predicted molar refractivity (Wildman–Crippen MR) is 125 cm³/mol. The molecule has 4 rings (SSSR count). The minimum atomic E-state index is -0.460. The molecule has 0 aliphatic carbocycles. The van der Waals surface area contributed by atoms with Crippen molar-refractivity contribution in [1.29, 1.82) is 0 Å². The van der Waals surface area contributed by atoms with E-state index in [0.717, 1.165) is 45.5 Å². The van der Waals surface area contributed by atoms with Crippen molar-refractivity contribution in [2.75, 3.05) is 43.1 Å². The van der Waals surface area contributed by atoms with Crippen LogP contribution in [-0.4, -0.2) is 54.8 Å². The number of thioether (sulfide) groups is 1. The van der Waals surface area contributed by atoms with Crippen molar-refractivity contribution in [2.24, 2.45) is 0 Å². The summed E-state index contributed by atoms with van der Waals surface area (Å²) in [5.41, 5.74) is 2.51. The molecule has 0 saturated carbocycles. The van der Waals surface area contributed by atoms with Crippen molar-refractivity contribution in [3.8, 4) is 0 Å². The predicted octanol–water partition coefficient (Wildman–Crippen LogP) is 3.96. The molecule has 3 amide bonds. The smallest absolute Gasteiger partial charge is 0.294 e. The van der Waals surface area contributed by atoms with E-state index >= 15 is 0 Å². The second-order valence-electron chi connectivity index (χ2n) is 7.01. The zero-order valence-electron chi connectivity index (χ0n) is 16.5. The highest BCUT2D eigenvalue weighted by Crippen LogP contribution is 2.32. The van der Waals surface area contributed by atoms with Crippen molar-refractivity contribution in [3.05, 3.63) is 63.5 Å². The number of imide groups is 1. The maximum absolute atomic E-state index is 12.7. The molecule has 9 heteroatoms. The number of rotatable bonds is 5. The normalized spacial score (nSPS) is 18.0. The lowest BCUT2D eigenvalue weighted by Gasteiger charge is -2.28. The van der Waals surface area contributed by atoms with Gasteiger partial charge in [-0.1, -0.05) is 28.1 Å². The van der Waals surface area contributed by atoms with Crippen LogP contribution in [0.25, 0.3) is 6.08 Å². The van der Waals surface area contributed by atoms with E-state index in [2.05, 4.69) is 26.1 Å². The first-order valence-electron chi connectivity index (χ1n) is 9.73. The minimum Gasteiger partial charge on any atom is -0.378 e. The van der Waals surface area contributed by atoms with Gasteiger partial charge in [0.05, 0.1) is 18.1 Å². The Morgan fingerprint density at radius 3 is 2.42 bits per heavy atom. The van der Waals surface area contributed by atoms with Gasteiger partial charge in [0.2, 0.25) is 5.91 Å². The van der Waals surface area contributed by atoms with Crippen LogP contribution in [0.4, 0.5) is 16.2 Å². The molecule has 0 spiro atoms. The summed E-state index contributed by atoms with van der Waals surface area (Å²) in [4.78, 5) is 40.8. The Balaban J connectivity index is 1.39. The molecular formula is C22H20BrN3O4S. The average molecular weight is 502 g/mol. The van der Waals surface area contributed by atoms with Gasteiger partial charge < -0.3 is 15.0 Å². The molecule has 0 aromatic heterocycles. The molecule has 2 aromatic carbocycles. The van der Waals surface area contributed by atoms with E-state index in [1.807, 2.05) is 24.3 Å². The van der Waals surface area contributed by atoms with E-state index in [1.165, 1.54) is 0 Å². The molecule has 7 nitrogen and oxygen atoms in total. The second-order valence-corrected chi connectivity index (χ2v) is 8.92. The summed E-state index contributed by atoms with van der Waals surface area (Å²) in [6.07, 6.45) is 1.68. The van der Waals surface area contributed by atoms with Crippen LogP contribution in [0.3, 0.4) is 0 Å². The Morgan fingerprint density at radius 2 is 1.74 bits per heavy atom. The number of amides is 3. The van der Waals surface area contributed by atoms with Crippen LogP contribution < -0.4 is 10.2 Å². The molecule has 0 atom stereocenters. The van der Waals surface area contributed by atoms with E-state index in [-0.39, 0.29) is 6.54 Å². The quantitative estimate of drug-likeness (QED) is 0.624. The van der Waals surface area contributed by atoms with E-state index in [0.29, 0.717) is 23.8 Å². The number of nitrogens with one attached hydrogen (secondary N) is 1. The highest BCUT2D eigenvalue weighted by molar-refractivity contribution is 9.10. The zero-order chi connectivity index (χ0) is 21.8. The molecule has 2 aliphatic rings. The number of hydrogen-bond acceptors (Lipinski definition) is 6. The Bertz CT molecular complexity index is 1020. The van der Waals surface area contributed by atoms with E-state index in [4.69, 9.17) is 4.74 Å². The summed E-state index contributed by atoms with van der Waals surface area (Å²) in [5, 5.41) is 2.24. The Labute approximate surface area is 192 Å². The highest BCUT2D eigenvalue weighted by Gasteiger charge is 2.36. The number of hydrogen-bond donors (Lipinski definition) is 1. The molecule has 2 fully saturated rings. The van der Waals surface area contributed by atoms with E-state index in [1.54, 1.807) is 30.3 Å². The SMILES string of the molecule is O=C(CN1C(=O)SC(=Cc2ccc(N3CCOCC3)cc2)C1=O)Nc1ccc(Br)cc1. The van der Waals surface area contributed by atoms with Gasteiger partial charge in [-0.25, -0.2) is 0 Å². The van der Waals surface area contributed by atoms with Crippen molar-refractivity contribution >= 4 is 62.2 Å². The van der Waals surface area contributed by atoms with Gasteiger partial charge in [-0.05, 0) is 59.8 Å². The first-order valence-corrected chi connectivity index (χ1v) is 11.3. The number of ether oxygens (including phenoxy) is 1. The Morgan fingerprint density at radius 1 is 1.06 bits per heavy atom. The van der Waals surface area contributed by atoms with Gasteiger partial charge in [0.15, 0.2) is 0 Å². The number of anilines is 2. The Hall–Kier alpha value is -2.62. The van der Waals surface area contributed by atoms with Gasteiger partial charge in [0, 0.05) is 28.9 Å². The molecule has 2 saturated heterocycles. The summed E-state index contributed by atoms with van der Waals surface area (Å²) >= 11 is 4.17. The van der Waals surface area contributed by atoms with Crippen LogP contribution in [0.2, 0.25) is 0 Å². The largest absolute Gasteiger partial charge is 0.378 e. The van der Waals surface area contributed by atoms with Gasteiger partial charge in [-0.2, -0.15) is 0 Å². The third-order valence-electron chi connectivity index (χ3n) is 4.87. The van der Waals surface area contributed by atoms with E-state index in [9.17, 15) is 14.4 Å². The van der Waals surface area contributed by atoms with Gasteiger partial charge in [0.1, 0.15) is 6.54 Å². The standard InChI is InChI=1S/C22H20BrN3O4S/c23-16-3-5-17(6-4-16)24-20(27)14-26-21(28)19(31-22(26)29)13-15-1-7-18(8-2-15)25-9-11-30-12-10-25/h1-8,13H,9-12,14H2,(H,24,27). The molecule has 31 heavy (non-hydrogen) atoms. The lowest BCUT2D eigenvalue weighted by atomic mass is 10.1. The molecule has 0 unspecified atom stereocenters. The molecule has 0 bridgehead atoms. The fourth-order valence-electron chi connectivity index (χ4n) is 3.27. The highest BCUT2D eigenvalue weighted by atomic mass is 79.9. The first-order chi connectivity index (χ1) is 15.0. The van der Waals surface area contributed by atoms with Crippen LogP contribution in [-0.2, 0) is 14.3 Å². The van der Waals surface area contributed by atoms with Crippen molar-refractivity contribution in [1.82, 2.24) is 4.90 Å². The molecular weight excluding hydrogens is 482 g/mol. The van der Waals surface area contributed by atoms with Crippen molar-refractivity contribution < 1.29 is 19.1 Å². The Kier molecular flexibility index (Phi) is 6.74. The monoisotopic (exact) mass is 501 g/mol. The minimum absolute atomic E-state index is 0.306. The summed E-state index contributed by atoms with van der Waals surface area (Å²) < 4.78 is 6.26. The number of carbonyl (C=O) groups is 3. The van der Waals surface area contributed by atoms with Gasteiger partial charge in [-0.3, -0.25) is 19.3 Å². The number of benzene rings is 2. The molecule has 2 aliphatic heterocycles. The van der Waals surface area contributed by atoms with Crippen LogP contribution in [0.15, 0.2) is 57.9 Å². The van der Waals surface area contributed by atoms with Gasteiger partial charge in [-0.15, -0.1) is 0 Å². The topological polar surface area (TPSA) is 79.0 Å². The summed E-state index contributed by atoms with van der Waals surface area (Å²) in [6, 6.07) is 14.9. The third kappa shape index (κ3) is 5.36. The van der Waals surface area contributed by atoms with Crippen LogP contribution >= 0.6 is 27.7 Å². The number of morpholine rings is 1. The first kappa shape index (κ1) is 21.6. The lowest BCUT2D eigenvalue weighted by molar-refractivity contribution is -0.127. The van der Waals surface area contributed by atoms with Crippen molar-refractivity contribution in [3.63, 3.8) is 0 Å². The molecule has 2 aromatic rings.